The summed E-state index contributed by atoms with van der Waals surface area (Å²) in [7, 11) is 0. The summed E-state index contributed by atoms with van der Waals surface area (Å²) in [5.41, 5.74) is 0.853. The zero-order valence-electron chi connectivity index (χ0n) is 12.9. The minimum Gasteiger partial charge on any atom is -0.480 e. The number of benzene rings is 1. The fraction of sp³-hybridized carbons (Fsp3) is 0.438. The first-order valence-corrected chi connectivity index (χ1v) is 8.93. The highest BCUT2D eigenvalue weighted by molar-refractivity contribution is 8.00. The van der Waals surface area contributed by atoms with Crippen molar-refractivity contribution >= 4 is 41.1 Å². The van der Waals surface area contributed by atoms with Crippen molar-refractivity contribution < 1.29 is 19.5 Å². The summed E-state index contributed by atoms with van der Waals surface area (Å²) < 4.78 is 0. The average molecular weight is 369 g/mol. The third-order valence-electron chi connectivity index (χ3n) is 4.22. The molecule has 2 amide bonds. The molecule has 2 aliphatic heterocycles. The van der Waals surface area contributed by atoms with Crippen molar-refractivity contribution in [1.82, 2.24) is 10.2 Å². The summed E-state index contributed by atoms with van der Waals surface area (Å²) >= 11 is 7.67. The summed E-state index contributed by atoms with van der Waals surface area (Å²) in [6.45, 7) is 1.62. The standard InChI is InChI=1S/C16H17ClN2O4S/c1-16(17)8-24-14-11(13(21)19(14)12(16)15(22)23)18-10(20)7-9-5-3-2-4-6-9/h2-6,11-12,14H,7-8H2,1H3,(H,18,20)(H,22,23). The number of fused-ring (bicyclic) bond motifs is 1. The van der Waals surface area contributed by atoms with Crippen LogP contribution < -0.4 is 5.32 Å². The first-order chi connectivity index (χ1) is 11.3. The third kappa shape index (κ3) is 2.98. The van der Waals surface area contributed by atoms with Crippen LogP contribution in [0.5, 0.6) is 0 Å². The zero-order chi connectivity index (χ0) is 17.5. The molecule has 0 aromatic heterocycles. The van der Waals surface area contributed by atoms with Crippen LogP contribution in [-0.2, 0) is 20.8 Å². The van der Waals surface area contributed by atoms with Crippen LogP contribution >= 0.6 is 23.4 Å². The van der Waals surface area contributed by atoms with Crippen molar-refractivity contribution in [3.63, 3.8) is 0 Å². The van der Waals surface area contributed by atoms with Gasteiger partial charge < -0.3 is 15.3 Å². The van der Waals surface area contributed by atoms with E-state index < -0.39 is 28.8 Å². The van der Waals surface area contributed by atoms with Gasteiger partial charge in [-0.25, -0.2) is 4.79 Å². The van der Waals surface area contributed by atoms with Crippen LogP contribution in [0.4, 0.5) is 0 Å². The molecule has 0 saturated carbocycles. The molecule has 1 aromatic carbocycles. The van der Waals surface area contributed by atoms with Crippen molar-refractivity contribution in [1.29, 1.82) is 0 Å². The van der Waals surface area contributed by atoms with E-state index in [1.165, 1.54) is 16.7 Å². The van der Waals surface area contributed by atoms with Crippen LogP contribution in [0.2, 0.25) is 0 Å². The van der Waals surface area contributed by atoms with E-state index in [1.807, 2.05) is 30.3 Å². The van der Waals surface area contributed by atoms with Gasteiger partial charge in [-0.3, -0.25) is 9.59 Å². The molecule has 0 aliphatic carbocycles. The number of hydrogen-bond donors (Lipinski definition) is 2. The molecule has 2 N–H and O–H groups in total. The Morgan fingerprint density at radius 3 is 2.71 bits per heavy atom. The largest absolute Gasteiger partial charge is 0.480 e. The monoisotopic (exact) mass is 368 g/mol. The number of β-lactam (4-membered cyclic amide) rings is 1. The molecule has 3 rings (SSSR count). The molecule has 2 heterocycles. The summed E-state index contributed by atoms with van der Waals surface area (Å²) in [6.07, 6.45) is 0.178. The van der Waals surface area contributed by atoms with Crippen LogP contribution in [0.15, 0.2) is 30.3 Å². The maximum absolute atomic E-state index is 12.4. The Labute approximate surface area is 148 Å². The van der Waals surface area contributed by atoms with E-state index in [1.54, 1.807) is 6.92 Å². The second-order valence-corrected chi connectivity index (χ2v) is 8.14. The Kier molecular flexibility index (Phi) is 4.48. The molecule has 0 spiro atoms. The highest BCUT2D eigenvalue weighted by atomic mass is 35.5. The Morgan fingerprint density at radius 1 is 1.42 bits per heavy atom. The van der Waals surface area contributed by atoms with E-state index in [2.05, 4.69) is 5.32 Å². The Balaban J connectivity index is 1.67. The molecule has 0 radical (unpaired) electrons. The van der Waals surface area contributed by atoms with Gasteiger partial charge in [-0.05, 0) is 12.5 Å². The minimum absolute atomic E-state index is 0.178. The maximum Gasteiger partial charge on any atom is 0.328 e. The number of carboxylic acids is 1. The van der Waals surface area contributed by atoms with Crippen LogP contribution in [-0.4, -0.2) is 55.9 Å². The predicted octanol–water partition coefficient (Wildman–Crippen LogP) is 1.08. The van der Waals surface area contributed by atoms with Crippen LogP contribution in [0.25, 0.3) is 0 Å². The Morgan fingerprint density at radius 2 is 2.08 bits per heavy atom. The predicted molar refractivity (Wildman–Crippen MR) is 90.9 cm³/mol. The maximum atomic E-state index is 12.4. The molecule has 24 heavy (non-hydrogen) atoms. The number of rotatable bonds is 4. The third-order valence-corrected chi connectivity index (χ3v) is 6.33. The highest BCUT2D eigenvalue weighted by Crippen LogP contribution is 2.44. The number of nitrogens with zero attached hydrogens (tertiary/aromatic N) is 1. The number of alkyl halides is 1. The molecule has 2 fully saturated rings. The zero-order valence-corrected chi connectivity index (χ0v) is 14.5. The number of amides is 2. The molecule has 128 valence electrons. The van der Waals surface area contributed by atoms with E-state index >= 15 is 0 Å². The van der Waals surface area contributed by atoms with Crippen molar-refractivity contribution in [2.24, 2.45) is 0 Å². The van der Waals surface area contributed by atoms with Gasteiger partial charge in [-0.2, -0.15) is 0 Å². The number of hydrogen-bond acceptors (Lipinski definition) is 4. The summed E-state index contributed by atoms with van der Waals surface area (Å²) in [5, 5.41) is 11.7. The smallest absolute Gasteiger partial charge is 0.328 e. The van der Waals surface area contributed by atoms with E-state index in [0.717, 1.165) is 5.56 Å². The van der Waals surface area contributed by atoms with Gasteiger partial charge in [0.15, 0.2) is 0 Å². The number of halogens is 1. The lowest BCUT2D eigenvalue weighted by Gasteiger charge is -2.55. The quantitative estimate of drug-likeness (QED) is 0.613. The Hall–Kier alpha value is -1.73. The molecular formula is C16H17ClN2O4S. The van der Waals surface area contributed by atoms with Gasteiger partial charge in [0.1, 0.15) is 17.5 Å². The van der Waals surface area contributed by atoms with Crippen LogP contribution in [0.3, 0.4) is 0 Å². The molecule has 4 atom stereocenters. The summed E-state index contributed by atoms with van der Waals surface area (Å²) in [4.78, 5) is 36.3. The van der Waals surface area contributed by atoms with Crippen molar-refractivity contribution in [2.75, 3.05) is 5.75 Å². The molecular weight excluding hydrogens is 352 g/mol. The highest BCUT2D eigenvalue weighted by Gasteiger charge is 2.61. The lowest BCUT2D eigenvalue weighted by Crippen LogP contribution is -2.78. The molecule has 8 heteroatoms. The second kappa shape index (κ2) is 6.29. The van der Waals surface area contributed by atoms with E-state index in [-0.39, 0.29) is 17.7 Å². The van der Waals surface area contributed by atoms with E-state index in [0.29, 0.717) is 5.75 Å². The lowest BCUT2D eigenvalue weighted by atomic mass is 9.94. The van der Waals surface area contributed by atoms with Gasteiger partial charge in [0, 0.05) is 5.75 Å². The fourth-order valence-electron chi connectivity index (χ4n) is 3.07. The van der Waals surface area contributed by atoms with Gasteiger partial charge in [0.25, 0.3) is 0 Å². The Bertz CT molecular complexity index is 682. The molecule has 0 bridgehead atoms. The van der Waals surface area contributed by atoms with Gasteiger partial charge >= 0.3 is 5.97 Å². The van der Waals surface area contributed by atoms with Gasteiger partial charge in [-0.15, -0.1) is 23.4 Å². The number of carbonyl (C=O) groups is 3. The lowest BCUT2D eigenvalue weighted by molar-refractivity contribution is -0.164. The summed E-state index contributed by atoms with van der Waals surface area (Å²) in [6, 6.07) is 7.44. The number of nitrogens with one attached hydrogen (secondary N) is 1. The summed E-state index contributed by atoms with van der Waals surface area (Å²) in [5.74, 6) is -1.38. The van der Waals surface area contributed by atoms with E-state index in [9.17, 15) is 19.5 Å². The molecule has 1 aromatic rings. The normalized spacial score (nSPS) is 31.8. The molecule has 4 unspecified atom stereocenters. The van der Waals surface area contributed by atoms with Crippen LogP contribution in [0, 0.1) is 0 Å². The van der Waals surface area contributed by atoms with Gasteiger partial charge in [0.05, 0.1) is 11.3 Å². The first-order valence-electron chi connectivity index (χ1n) is 7.50. The van der Waals surface area contributed by atoms with Gasteiger partial charge in [0.2, 0.25) is 11.8 Å². The van der Waals surface area contributed by atoms with Crippen molar-refractivity contribution in [3.8, 4) is 0 Å². The van der Waals surface area contributed by atoms with E-state index in [4.69, 9.17) is 11.6 Å². The number of thioether (sulfide) groups is 1. The number of aliphatic carboxylic acids is 1. The van der Waals surface area contributed by atoms with Gasteiger partial charge in [-0.1, -0.05) is 30.3 Å². The second-order valence-electron chi connectivity index (χ2n) is 6.17. The topological polar surface area (TPSA) is 86.7 Å². The van der Waals surface area contributed by atoms with Crippen LogP contribution in [0.1, 0.15) is 12.5 Å². The molecule has 6 nitrogen and oxygen atoms in total. The minimum atomic E-state index is -1.12. The molecule has 2 saturated heterocycles. The van der Waals surface area contributed by atoms with Crippen molar-refractivity contribution in [2.45, 2.75) is 35.7 Å². The van der Waals surface area contributed by atoms with Crippen molar-refractivity contribution in [3.05, 3.63) is 35.9 Å². The SMILES string of the molecule is CC1(Cl)CSC2C(NC(=O)Cc3ccccc3)C(=O)N2C1C(=O)O. The fourth-order valence-corrected chi connectivity index (χ4v) is 4.87. The number of carbonyl (C=O) groups excluding carboxylic acids is 2. The first kappa shape index (κ1) is 17.1. The number of carboxylic acid groups (broad SMARTS) is 1. The molecule has 2 aliphatic rings. The average Bonchev–Trinajstić information content (AvgIpc) is 2.52.